The molecule has 2 unspecified atom stereocenters. The smallest absolute Gasteiger partial charge is 0.344 e. The molecule has 14 heteroatoms. The molecule has 0 radical (unpaired) electrons. The maximum atomic E-state index is 13.0. The molecular formula is C18H22N4O8S2. The van der Waals surface area contributed by atoms with E-state index in [1.165, 1.54) is 12.1 Å². The molecule has 0 aromatic heterocycles. The van der Waals surface area contributed by atoms with Gasteiger partial charge in [0.05, 0.1) is 12.0 Å². The fourth-order valence-corrected chi connectivity index (χ4v) is 6.06. The topological polar surface area (TPSA) is 199 Å². The zero-order valence-electron chi connectivity index (χ0n) is 17.3. The Kier molecular flexibility index (Phi) is 5.78. The summed E-state index contributed by atoms with van der Waals surface area (Å²) < 4.78 is 26.6. The molecule has 32 heavy (non-hydrogen) atoms. The van der Waals surface area contributed by atoms with Gasteiger partial charge in [0.15, 0.2) is 0 Å². The number of nitrogens with two attached hydrogens (primary N) is 2. The number of esters is 1. The Morgan fingerprint density at radius 3 is 2.28 bits per heavy atom. The quantitative estimate of drug-likeness (QED) is 0.209. The molecule has 4 atom stereocenters. The van der Waals surface area contributed by atoms with E-state index >= 15 is 0 Å². The summed E-state index contributed by atoms with van der Waals surface area (Å²) in [7, 11) is -2.91. The Hall–Kier alpha value is -2.68. The molecule has 0 bridgehead atoms. The lowest BCUT2D eigenvalue weighted by atomic mass is 9.84. The van der Waals surface area contributed by atoms with Crippen molar-refractivity contribution in [2.24, 2.45) is 10.9 Å². The first-order chi connectivity index (χ1) is 14.7. The highest BCUT2D eigenvalue weighted by molar-refractivity contribution is 8.01. The van der Waals surface area contributed by atoms with E-state index in [1.807, 2.05) is 0 Å². The minimum Gasteiger partial charge on any atom is -0.480 e. The summed E-state index contributed by atoms with van der Waals surface area (Å²) in [6.45, 7) is 3.23. The monoisotopic (exact) mass is 486 g/mol. The maximum absolute atomic E-state index is 13.0. The number of nitrogens with one attached hydrogen (secondary N) is 1. The molecule has 2 saturated heterocycles. The van der Waals surface area contributed by atoms with Crippen molar-refractivity contribution >= 4 is 45.5 Å². The van der Waals surface area contributed by atoms with Crippen molar-refractivity contribution in [2.45, 2.75) is 46.5 Å². The number of amides is 2. The normalized spacial score (nSPS) is 27.2. The third-order valence-corrected chi connectivity index (χ3v) is 8.02. The van der Waals surface area contributed by atoms with Gasteiger partial charge >= 0.3 is 11.9 Å². The number of aliphatic carboxylic acids is 1. The van der Waals surface area contributed by atoms with E-state index < -0.39 is 61.5 Å². The average molecular weight is 487 g/mol. The highest BCUT2D eigenvalue weighted by Crippen LogP contribution is 2.55. The number of carboxylic acids is 1. The summed E-state index contributed by atoms with van der Waals surface area (Å²) in [6.07, 6.45) is 0. The lowest BCUT2D eigenvalue weighted by Crippen LogP contribution is -2.83. The van der Waals surface area contributed by atoms with E-state index in [9.17, 15) is 32.7 Å². The van der Waals surface area contributed by atoms with Gasteiger partial charge in [0.2, 0.25) is 21.5 Å². The van der Waals surface area contributed by atoms with E-state index in [1.54, 1.807) is 13.8 Å². The molecule has 0 saturated carbocycles. The predicted octanol–water partition coefficient (Wildman–Crippen LogP) is -1.49. The van der Waals surface area contributed by atoms with E-state index in [0.717, 1.165) is 35.9 Å². The van der Waals surface area contributed by atoms with Crippen LogP contribution < -0.4 is 16.2 Å². The number of fused-ring (bicyclic) bond motifs is 1. The molecule has 6 N–H and O–H groups in total. The predicted molar refractivity (Wildman–Crippen MR) is 111 cm³/mol. The SMILES string of the molecule is COC(=O)C1(NC(=O)C(N)c2ccc(S(N)(=O)=O)cc2)C(=O)N2[C@@H](C(=O)O)C(C)(C)S[C@@H]21. The number of hydrogen-bond donors (Lipinski definition) is 4. The lowest BCUT2D eigenvalue weighted by Gasteiger charge is -2.50. The van der Waals surface area contributed by atoms with Crippen LogP contribution in [-0.2, 0) is 33.9 Å². The van der Waals surface area contributed by atoms with E-state index in [4.69, 9.17) is 15.6 Å². The molecule has 0 spiro atoms. The van der Waals surface area contributed by atoms with Crippen molar-refractivity contribution in [3.8, 4) is 0 Å². The number of carbonyl (C=O) groups is 4. The zero-order valence-corrected chi connectivity index (χ0v) is 18.9. The number of benzene rings is 1. The number of nitrogens with zero attached hydrogens (tertiary/aromatic N) is 1. The van der Waals surface area contributed by atoms with Crippen molar-refractivity contribution in [3.05, 3.63) is 29.8 Å². The molecular weight excluding hydrogens is 464 g/mol. The Morgan fingerprint density at radius 2 is 1.81 bits per heavy atom. The molecule has 0 aliphatic carbocycles. The van der Waals surface area contributed by atoms with Gasteiger partial charge in [-0.3, -0.25) is 9.59 Å². The number of sulfonamides is 1. The number of rotatable bonds is 6. The second kappa shape index (κ2) is 7.72. The number of carbonyl (C=O) groups excluding carboxylic acids is 3. The van der Waals surface area contributed by atoms with Crippen LogP contribution in [0.4, 0.5) is 0 Å². The number of carboxylic acid groups (broad SMARTS) is 1. The first-order valence-electron chi connectivity index (χ1n) is 9.20. The third-order valence-electron chi connectivity index (χ3n) is 5.46. The molecule has 2 aliphatic heterocycles. The van der Waals surface area contributed by atoms with Crippen LogP contribution in [0.2, 0.25) is 0 Å². The Labute approximate surface area is 187 Å². The summed E-state index contributed by atoms with van der Waals surface area (Å²) in [5, 5.41) is 16.0. The molecule has 3 rings (SSSR count). The summed E-state index contributed by atoms with van der Waals surface area (Å²) in [5.41, 5.74) is 4.02. The Balaban J connectivity index is 1.90. The molecule has 1 aromatic rings. The van der Waals surface area contributed by atoms with Gasteiger partial charge in [-0.1, -0.05) is 12.1 Å². The molecule has 174 valence electrons. The van der Waals surface area contributed by atoms with Crippen LogP contribution in [0.5, 0.6) is 0 Å². The van der Waals surface area contributed by atoms with Gasteiger partial charge < -0.3 is 25.8 Å². The molecule has 2 heterocycles. The van der Waals surface area contributed by atoms with Crippen LogP contribution in [0.1, 0.15) is 25.5 Å². The fraction of sp³-hybridized carbons (Fsp3) is 0.444. The van der Waals surface area contributed by atoms with Crippen molar-refractivity contribution in [2.75, 3.05) is 7.11 Å². The Bertz CT molecular complexity index is 1100. The summed E-state index contributed by atoms with van der Waals surface area (Å²) >= 11 is 1.05. The van der Waals surface area contributed by atoms with Crippen molar-refractivity contribution in [1.82, 2.24) is 10.2 Å². The zero-order chi connectivity index (χ0) is 24.2. The number of β-lactam (4-membered cyclic amide) rings is 1. The number of ether oxygens (including phenoxy) is 1. The van der Waals surface area contributed by atoms with E-state index in [0.29, 0.717) is 0 Å². The highest BCUT2D eigenvalue weighted by atomic mass is 32.2. The highest BCUT2D eigenvalue weighted by Gasteiger charge is 2.76. The first kappa shape index (κ1) is 24.0. The van der Waals surface area contributed by atoms with Crippen LogP contribution in [0, 0.1) is 0 Å². The summed E-state index contributed by atoms with van der Waals surface area (Å²) in [5.74, 6) is -4.12. The minimum absolute atomic E-state index is 0.186. The number of methoxy groups -OCH3 is 1. The van der Waals surface area contributed by atoms with Crippen LogP contribution >= 0.6 is 11.8 Å². The van der Waals surface area contributed by atoms with E-state index in [-0.39, 0.29) is 10.5 Å². The number of hydrogen-bond acceptors (Lipinski definition) is 9. The average Bonchev–Trinajstić information content (AvgIpc) is 2.98. The largest absolute Gasteiger partial charge is 0.480 e. The van der Waals surface area contributed by atoms with Gasteiger partial charge in [-0.05, 0) is 31.5 Å². The van der Waals surface area contributed by atoms with Gasteiger partial charge in [-0.25, -0.2) is 23.1 Å². The van der Waals surface area contributed by atoms with Gasteiger partial charge in [0.25, 0.3) is 5.91 Å². The molecule has 2 amide bonds. The lowest BCUT2D eigenvalue weighted by molar-refractivity contribution is -0.180. The first-order valence-corrected chi connectivity index (χ1v) is 11.6. The van der Waals surface area contributed by atoms with Crippen molar-refractivity contribution in [3.63, 3.8) is 0 Å². The van der Waals surface area contributed by atoms with E-state index in [2.05, 4.69) is 5.32 Å². The van der Waals surface area contributed by atoms with Gasteiger partial charge in [0, 0.05) is 4.75 Å². The number of primary sulfonamides is 1. The molecule has 1 aromatic carbocycles. The Morgan fingerprint density at radius 1 is 1.25 bits per heavy atom. The van der Waals surface area contributed by atoms with Gasteiger partial charge in [0.1, 0.15) is 17.5 Å². The fourth-order valence-electron chi connectivity index (χ4n) is 3.86. The maximum Gasteiger partial charge on any atom is 0.344 e. The van der Waals surface area contributed by atoms with Gasteiger partial charge in [-0.15, -0.1) is 11.8 Å². The van der Waals surface area contributed by atoms with Crippen LogP contribution in [0.25, 0.3) is 0 Å². The van der Waals surface area contributed by atoms with Gasteiger partial charge in [-0.2, -0.15) is 0 Å². The molecule has 2 fully saturated rings. The second-order valence-corrected chi connectivity index (χ2v) is 11.2. The van der Waals surface area contributed by atoms with Crippen LogP contribution in [0.3, 0.4) is 0 Å². The van der Waals surface area contributed by atoms with Crippen LogP contribution in [0.15, 0.2) is 29.2 Å². The summed E-state index contributed by atoms with van der Waals surface area (Å²) in [4.78, 5) is 51.1. The molecule has 12 nitrogen and oxygen atoms in total. The number of thioether (sulfide) groups is 1. The standard InChI is InChI=1S/C18H22N4O8S2/c1-17(2)11(13(24)25)22-14(26)18(15(22)31-17,16(27)30-3)21-12(23)10(19)8-4-6-9(7-5-8)32(20,28)29/h4-7,10-11,15H,19H2,1-3H3,(H,21,23)(H,24,25)(H2,20,28,29)/t10?,11-,15+,18?/m0/s1. The minimum atomic E-state index is -3.95. The molecule has 2 aliphatic rings. The summed E-state index contributed by atoms with van der Waals surface area (Å²) in [6, 6.07) is 2.30. The third kappa shape index (κ3) is 3.52. The van der Waals surface area contributed by atoms with Crippen LogP contribution in [-0.4, -0.2) is 71.0 Å². The second-order valence-electron chi connectivity index (χ2n) is 7.91. The van der Waals surface area contributed by atoms with Crippen molar-refractivity contribution < 1.29 is 37.4 Å². The van der Waals surface area contributed by atoms with Crippen molar-refractivity contribution in [1.29, 1.82) is 0 Å².